The molecule has 1 saturated heterocycles. The summed E-state index contributed by atoms with van der Waals surface area (Å²) in [5.41, 5.74) is 2.12. The maximum atomic E-state index is 13.1. The molecule has 1 heterocycles. The first-order valence-electron chi connectivity index (χ1n) is 10.5. The number of hydrogen-bond donors (Lipinski definition) is 0. The smallest absolute Gasteiger partial charge is 0.266 e. The Morgan fingerprint density at radius 1 is 1.09 bits per heavy atom. The third-order valence-corrected chi connectivity index (χ3v) is 6.18. The van der Waals surface area contributed by atoms with Gasteiger partial charge in [0.1, 0.15) is 12.4 Å². The zero-order valence-corrected chi connectivity index (χ0v) is 19.7. The van der Waals surface area contributed by atoms with E-state index >= 15 is 0 Å². The fraction of sp³-hybridized carbons (Fsp3) is 0.115. The molecule has 4 rings (SSSR count). The quantitative estimate of drug-likeness (QED) is 0.464. The van der Waals surface area contributed by atoms with E-state index in [-0.39, 0.29) is 23.9 Å². The summed E-state index contributed by atoms with van der Waals surface area (Å²) in [6.45, 7) is 0.250. The fourth-order valence-electron chi connectivity index (χ4n) is 3.22. The van der Waals surface area contributed by atoms with Gasteiger partial charge in [-0.15, -0.1) is 0 Å². The third kappa shape index (κ3) is 5.70. The minimum atomic E-state index is -1.26. The van der Waals surface area contributed by atoms with Crippen molar-refractivity contribution in [1.29, 1.82) is 0 Å². The molecular formula is C26H20FN2O5S-. The molecule has 0 bridgehead atoms. The minimum Gasteiger partial charge on any atom is -0.545 e. The third-order valence-electron chi connectivity index (χ3n) is 5.12. The van der Waals surface area contributed by atoms with Gasteiger partial charge in [-0.3, -0.25) is 9.69 Å². The molecule has 1 amide bonds. The highest BCUT2D eigenvalue weighted by molar-refractivity contribution is 8.18. The van der Waals surface area contributed by atoms with Gasteiger partial charge in [-0.05, 0) is 70.9 Å². The van der Waals surface area contributed by atoms with Crippen molar-refractivity contribution in [2.45, 2.75) is 6.61 Å². The van der Waals surface area contributed by atoms with E-state index in [0.717, 1.165) is 11.1 Å². The maximum Gasteiger partial charge on any atom is 0.266 e. The maximum absolute atomic E-state index is 13.1. The van der Waals surface area contributed by atoms with E-state index in [1.54, 1.807) is 55.6 Å². The lowest BCUT2D eigenvalue weighted by molar-refractivity contribution is -0.255. The highest BCUT2D eigenvalue weighted by Gasteiger charge is 2.30. The number of hydrogen-bond acceptors (Lipinski definition) is 7. The summed E-state index contributed by atoms with van der Waals surface area (Å²) in [5.74, 6) is -0.776. The average Bonchev–Trinajstić information content (AvgIpc) is 3.12. The van der Waals surface area contributed by atoms with Crippen LogP contribution >= 0.6 is 11.8 Å². The number of carboxylic acids is 1. The molecule has 35 heavy (non-hydrogen) atoms. The van der Waals surface area contributed by atoms with Crippen molar-refractivity contribution in [3.8, 4) is 11.5 Å². The summed E-state index contributed by atoms with van der Waals surface area (Å²) < 4.78 is 24.3. The van der Waals surface area contributed by atoms with Crippen molar-refractivity contribution in [2.24, 2.45) is 4.99 Å². The number of carbonyl (C=O) groups is 2. The van der Waals surface area contributed by atoms with Gasteiger partial charge in [-0.25, -0.2) is 9.38 Å². The average molecular weight is 492 g/mol. The zero-order valence-electron chi connectivity index (χ0n) is 18.9. The number of aromatic carboxylic acids is 1. The Bertz CT molecular complexity index is 1320. The number of carbonyl (C=O) groups excluding carboxylic acids is 2. The molecule has 1 aliphatic heterocycles. The second-order valence-corrected chi connectivity index (χ2v) is 8.54. The predicted octanol–water partition coefficient (Wildman–Crippen LogP) is 4.01. The molecule has 0 atom stereocenters. The lowest BCUT2D eigenvalue weighted by atomic mass is 10.2. The van der Waals surface area contributed by atoms with Crippen LogP contribution in [0.1, 0.15) is 21.5 Å². The predicted molar refractivity (Wildman–Crippen MR) is 130 cm³/mol. The topological polar surface area (TPSA) is 91.3 Å². The van der Waals surface area contributed by atoms with Crippen LogP contribution in [0.15, 0.2) is 76.6 Å². The molecule has 0 N–H and O–H groups in total. The number of carboxylic acid groups (broad SMARTS) is 1. The van der Waals surface area contributed by atoms with Gasteiger partial charge < -0.3 is 19.4 Å². The van der Waals surface area contributed by atoms with E-state index < -0.39 is 5.97 Å². The Morgan fingerprint density at radius 3 is 2.46 bits per heavy atom. The highest BCUT2D eigenvalue weighted by Crippen LogP contribution is 2.35. The van der Waals surface area contributed by atoms with Crippen LogP contribution < -0.4 is 14.6 Å². The summed E-state index contributed by atoms with van der Waals surface area (Å²) in [7, 11) is 3.15. The normalized spacial score (nSPS) is 15.6. The number of benzene rings is 3. The van der Waals surface area contributed by atoms with Crippen LogP contribution in [0.3, 0.4) is 0 Å². The van der Waals surface area contributed by atoms with Crippen molar-refractivity contribution in [2.75, 3.05) is 14.2 Å². The van der Waals surface area contributed by atoms with Crippen molar-refractivity contribution < 1.29 is 28.6 Å². The van der Waals surface area contributed by atoms with E-state index in [0.29, 0.717) is 27.3 Å². The largest absolute Gasteiger partial charge is 0.545 e. The Morgan fingerprint density at radius 2 is 1.80 bits per heavy atom. The monoisotopic (exact) mass is 491 g/mol. The van der Waals surface area contributed by atoms with Gasteiger partial charge in [0.15, 0.2) is 16.7 Å². The molecule has 0 aromatic heterocycles. The summed E-state index contributed by atoms with van der Waals surface area (Å²) in [6, 6.07) is 17.3. The minimum absolute atomic E-state index is 0.0529. The molecule has 1 aliphatic rings. The molecule has 9 heteroatoms. The zero-order chi connectivity index (χ0) is 24.9. The molecular weight excluding hydrogens is 471 g/mol. The Balaban J connectivity index is 1.50. The molecule has 0 saturated carbocycles. The molecule has 0 radical (unpaired) electrons. The second kappa shape index (κ2) is 10.4. The first kappa shape index (κ1) is 24.0. The number of nitrogens with zero attached hydrogens (tertiary/aromatic N) is 2. The lowest BCUT2D eigenvalue weighted by Crippen LogP contribution is -2.23. The number of aliphatic imine (C=N–C) groups is 1. The van der Waals surface area contributed by atoms with E-state index in [2.05, 4.69) is 4.99 Å². The van der Waals surface area contributed by atoms with Crippen LogP contribution in [-0.4, -0.2) is 36.1 Å². The van der Waals surface area contributed by atoms with Gasteiger partial charge in [0.2, 0.25) is 0 Å². The van der Waals surface area contributed by atoms with E-state index in [1.165, 1.54) is 48.0 Å². The van der Waals surface area contributed by atoms with Gasteiger partial charge >= 0.3 is 0 Å². The molecule has 178 valence electrons. The Hall–Kier alpha value is -4.11. The molecule has 0 spiro atoms. The molecule has 7 nitrogen and oxygen atoms in total. The number of methoxy groups -OCH3 is 1. The van der Waals surface area contributed by atoms with E-state index in [1.807, 2.05) is 0 Å². The van der Waals surface area contributed by atoms with Crippen molar-refractivity contribution in [3.63, 3.8) is 0 Å². The molecule has 0 unspecified atom stereocenters. The number of amides is 1. The number of ether oxygens (including phenoxy) is 2. The molecule has 3 aromatic carbocycles. The number of likely N-dealkylation sites (N-methyl/N-ethyl adjacent to an activating group) is 1. The summed E-state index contributed by atoms with van der Waals surface area (Å²) >= 11 is 1.21. The standard InChI is InChI=1S/C26H21FN2O5S/c1-29-24(30)23(35-26(29)28-20-10-6-18(7-11-20)25(31)32)14-17-5-12-21(22(13-17)33-2)34-15-16-3-8-19(27)9-4-16/h3-14H,15H2,1-2H3,(H,31,32)/p-1/b23-14-,28-26?. The van der Waals surface area contributed by atoms with Gasteiger partial charge in [-0.2, -0.15) is 0 Å². The summed E-state index contributed by atoms with van der Waals surface area (Å²) in [6.07, 6.45) is 1.73. The van der Waals surface area contributed by atoms with Crippen molar-refractivity contribution >= 4 is 40.6 Å². The number of amidine groups is 1. The Kier molecular flexibility index (Phi) is 7.17. The number of thioether (sulfide) groups is 1. The number of rotatable bonds is 7. The molecule has 0 aliphatic carbocycles. The number of halogens is 1. The van der Waals surface area contributed by atoms with Crippen molar-refractivity contribution in [1.82, 2.24) is 4.90 Å². The molecule has 3 aromatic rings. The van der Waals surface area contributed by atoms with Gasteiger partial charge in [0, 0.05) is 7.05 Å². The van der Waals surface area contributed by atoms with Crippen LogP contribution in [0.2, 0.25) is 0 Å². The van der Waals surface area contributed by atoms with Crippen molar-refractivity contribution in [3.05, 3.63) is 94.1 Å². The van der Waals surface area contributed by atoms with Gasteiger partial charge in [-0.1, -0.05) is 30.3 Å². The second-order valence-electron chi connectivity index (χ2n) is 7.53. The molecule has 1 fully saturated rings. The van der Waals surface area contributed by atoms with Gasteiger partial charge in [0.05, 0.1) is 23.7 Å². The summed E-state index contributed by atoms with van der Waals surface area (Å²) in [5, 5.41) is 11.4. The summed E-state index contributed by atoms with van der Waals surface area (Å²) in [4.78, 5) is 30.0. The van der Waals surface area contributed by atoms with Gasteiger partial charge in [0.25, 0.3) is 5.91 Å². The van der Waals surface area contributed by atoms with Crippen LogP contribution in [0, 0.1) is 5.82 Å². The van der Waals surface area contributed by atoms with Crippen LogP contribution in [0.5, 0.6) is 11.5 Å². The van der Waals surface area contributed by atoms with E-state index in [4.69, 9.17) is 9.47 Å². The SMILES string of the molecule is COc1cc(/C=C2\SC(=Nc3ccc(C(=O)[O-])cc3)N(C)C2=O)ccc1OCc1ccc(F)cc1. The first-order chi connectivity index (χ1) is 16.8. The van der Waals surface area contributed by atoms with Crippen LogP contribution in [0.4, 0.5) is 10.1 Å². The Labute approximate surface area is 205 Å². The highest BCUT2D eigenvalue weighted by atomic mass is 32.2. The lowest BCUT2D eigenvalue weighted by Gasteiger charge is -2.11. The fourth-order valence-corrected chi connectivity index (χ4v) is 4.21. The van der Waals surface area contributed by atoms with Crippen LogP contribution in [-0.2, 0) is 11.4 Å². The van der Waals surface area contributed by atoms with Crippen LogP contribution in [0.25, 0.3) is 6.08 Å². The first-order valence-corrected chi connectivity index (χ1v) is 11.3. The van der Waals surface area contributed by atoms with E-state index in [9.17, 15) is 19.1 Å².